The summed E-state index contributed by atoms with van der Waals surface area (Å²) in [5, 5.41) is 9.42. The van der Waals surface area contributed by atoms with Gasteiger partial charge < -0.3 is 5.11 Å². The van der Waals surface area contributed by atoms with Crippen LogP contribution in [0.2, 0.25) is 0 Å². The fourth-order valence-electron chi connectivity index (χ4n) is 3.21. The fourth-order valence-corrected chi connectivity index (χ4v) is 3.21. The number of nitrogens with zero attached hydrogens (tertiary/aromatic N) is 1. The van der Waals surface area contributed by atoms with E-state index in [1.54, 1.807) is 0 Å². The minimum absolute atomic E-state index is 0.278. The Kier molecular flexibility index (Phi) is 5.41. The van der Waals surface area contributed by atoms with Gasteiger partial charge in [0.25, 0.3) is 0 Å². The third-order valence-corrected chi connectivity index (χ3v) is 4.34. The van der Waals surface area contributed by atoms with Crippen molar-refractivity contribution in [1.82, 2.24) is 4.90 Å². The van der Waals surface area contributed by atoms with Crippen LogP contribution in [0.5, 0.6) is 0 Å². The van der Waals surface area contributed by atoms with Gasteiger partial charge in [0.15, 0.2) is 0 Å². The Morgan fingerprint density at radius 2 is 1.89 bits per heavy atom. The van der Waals surface area contributed by atoms with Crippen molar-refractivity contribution in [1.29, 1.82) is 0 Å². The molecule has 0 radical (unpaired) electrons. The van der Waals surface area contributed by atoms with Crippen molar-refractivity contribution in [2.45, 2.75) is 52.0 Å². The Morgan fingerprint density at radius 1 is 1.16 bits per heavy atom. The molecule has 1 aliphatic heterocycles. The molecule has 0 bridgehead atoms. The lowest BCUT2D eigenvalue weighted by molar-refractivity contribution is 0.184. The molecule has 1 unspecified atom stereocenters. The molecule has 106 valence electrons. The van der Waals surface area contributed by atoms with Crippen molar-refractivity contribution in [3.63, 3.8) is 0 Å². The third kappa shape index (κ3) is 3.37. The average molecular weight is 261 g/mol. The molecule has 0 amide bonds. The first-order valence-corrected chi connectivity index (χ1v) is 7.76. The van der Waals surface area contributed by atoms with E-state index in [4.69, 9.17) is 0 Å². The maximum absolute atomic E-state index is 9.42. The molecular formula is C17H27NO. The topological polar surface area (TPSA) is 23.5 Å². The van der Waals surface area contributed by atoms with Gasteiger partial charge >= 0.3 is 0 Å². The van der Waals surface area contributed by atoms with Crippen molar-refractivity contribution in [3.8, 4) is 0 Å². The smallest absolute Gasteiger partial charge is 0.0449 e. The number of hydrogen-bond acceptors (Lipinski definition) is 2. The number of aliphatic hydroxyl groups excluding tert-OH is 1. The van der Waals surface area contributed by atoms with E-state index in [-0.39, 0.29) is 6.61 Å². The monoisotopic (exact) mass is 261 g/mol. The van der Waals surface area contributed by atoms with Crippen LogP contribution in [-0.4, -0.2) is 29.7 Å². The summed E-state index contributed by atoms with van der Waals surface area (Å²) in [6.45, 7) is 7.08. The van der Waals surface area contributed by atoms with Gasteiger partial charge in [-0.2, -0.15) is 0 Å². The standard InChI is InChI=1S/C17H27NO/c1-3-14-7-8-15(4-2)16(13-14)17(9-12-19)18-10-5-6-11-18/h7-8,13,17,19H,3-6,9-12H2,1-2H3. The summed E-state index contributed by atoms with van der Waals surface area (Å²) in [4.78, 5) is 2.56. The second-order valence-corrected chi connectivity index (χ2v) is 5.51. The van der Waals surface area contributed by atoms with Crippen molar-refractivity contribution in [2.75, 3.05) is 19.7 Å². The maximum Gasteiger partial charge on any atom is 0.0449 e. The van der Waals surface area contributed by atoms with Crippen LogP contribution in [0, 0.1) is 0 Å². The van der Waals surface area contributed by atoms with Gasteiger partial charge in [0.2, 0.25) is 0 Å². The van der Waals surface area contributed by atoms with Crippen LogP contribution in [-0.2, 0) is 12.8 Å². The molecule has 2 rings (SSSR count). The summed E-state index contributed by atoms with van der Waals surface area (Å²) in [5.41, 5.74) is 4.31. The fraction of sp³-hybridized carbons (Fsp3) is 0.647. The van der Waals surface area contributed by atoms with Crippen LogP contribution in [0.3, 0.4) is 0 Å². The van der Waals surface area contributed by atoms with Gasteiger partial charge in [-0.25, -0.2) is 0 Å². The van der Waals surface area contributed by atoms with E-state index in [0.717, 1.165) is 19.3 Å². The molecule has 0 saturated carbocycles. The number of aliphatic hydroxyl groups is 1. The van der Waals surface area contributed by atoms with E-state index in [1.807, 2.05) is 0 Å². The highest BCUT2D eigenvalue weighted by molar-refractivity contribution is 5.35. The Bertz CT molecular complexity index is 396. The van der Waals surface area contributed by atoms with Gasteiger partial charge in [0.1, 0.15) is 0 Å². The summed E-state index contributed by atoms with van der Waals surface area (Å²) in [6, 6.07) is 7.32. The summed E-state index contributed by atoms with van der Waals surface area (Å²) in [7, 11) is 0. The van der Waals surface area contributed by atoms with Crippen molar-refractivity contribution < 1.29 is 5.11 Å². The molecule has 0 aromatic heterocycles. The Labute approximate surface area is 117 Å². The van der Waals surface area contributed by atoms with Crippen molar-refractivity contribution >= 4 is 0 Å². The average Bonchev–Trinajstić information content (AvgIpc) is 2.98. The van der Waals surface area contributed by atoms with Gasteiger partial charge in [-0.15, -0.1) is 0 Å². The highest BCUT2D eigenvalue weighted by Crippen LogP contribution is 2.31. The highest BCUT2D eigenvalue weighted by atomic mass is 16.3. The van der Waals surface area contributed by atoms with Crippen LogP contribution < -0.4 is 0 Å². The zero-order valence-electron chi connectivity index (χ0n) is 12.4. The van der Waals surface area contributed by atoms with Gasteiger partial charge in [-0.1, -0.05) is 32.0 Å². The SMILES string of the molecule is CCc1ccc(CC)c(C(CCO)N2CCCC2)c1. The minimum Gasteiger partial charge on any atom is -0.396 e. The molecule has 1 aromatic rings. The molecule has 1 N–H and O–H groups in total. The zero-order valence-corrected chi connectivity index (χ0v) is 12.4. The summed E-state index contributed by atoms with van der Waals surface area (Å²) in [6.07, 6.45) is 5.63. The van der Waals surface area contributed by atoms with Crippen LogP contribution >= 0.6 is 0 Å². The van der Waals surface area contributed by atoms with Gasteiger partial charge in [-0.3, -0.25) is 4.90 Å². The number of aryl methyl sites for hydroxylation is 2. The first kappa shape index (κ1) is 14.5. The lowest BCUT2D eigenvalue weighted by Gasteiger charge is -2.29. The normalized spacial score (nSPS) is 17.8. The Balaban J connectivity index is 2.32. The molecule has 2 nitrogen and oxygen atoms in total. The van der Waals surface area contributed by atoms with Crippen LogP contribution in [0.15, 0.2) is 18.2 Å². The molecule has 0 aliphatic carbocycles. The van der Waals surface area contributed by atoms with E-state index < -0.39 is 0 Å². The second kappa shape index (κ2) is 7.06. The van der Waals surface area contributed by atoms with E-state index in [9.17, 15) is 5.11 Å². The summed E-state index contributed by atoms with van der Waals surface area (Å²) < 4.78 is 0. The number of rotatable bonds is 6. The molecular weight excluding hydrogens is 234 g/mol. The number of hydrogen-bond donors (Lipinski definition) is 1. The molecule has 2 heteroatoms. The molecule has 1 heterocycles. The van der Waals surface area contributed by atoms with E-state index in [0.29, 0.717) is 6.04 Å². The van der Waals surface area contributed by atoms with Crippen LogP contribution in [0.4, 0.5) is 0 Å². The predicted molar refractivity (Wildman–Crippen MR) is 80.4 cm³/mol. The zero-order chi connectivity index (χ0) is 13.7. The van der Waals surface area contributed by atoms with Crippen LogP contribution in [0.25, 0.3) is 0 Å². The van der Waals surface area contributed by atoms with Gasteiger partial charge in [-0.05, 0) is 61.9 Å². The number of benzene rings is 1. The molecule has 19 heavy (non-hydrogen) atoms. The lowest BCUT2D eigenvalue weighted by atomic mass is 9.93. The van der Waals surface area contributed by atoms with Gasteiger partial charge in [0.05, 0.1) is 0 Å². The largest absolute Gasteiger partial charge is 0.396 e. The highest BCUT2D eigenvalue weighted by Gasteiger charge is 2.24. The van der Waals surface area contributed by atoms with E-state index in [2.05, 4.69) is 36.9 Å². The quantitative estimate of drug-likeness (QED) is 0.849. The first-order chi connectivity index (χ1) is 9.30. The Morgan fingerprint density at radius 3 is 2.47 bits per heavy atom. The predicted octanol–water partition coefficient (Wildman–Crippen LogP) is 3.33. The van der Waals surface area contributed by atoms with Crippen molar-refractivity contribution in [2.24, 2.45) is 0 Å². The summed E-state index contributed by atoms with van der Waals surface area (Å²) in [5.74, 6) is 0. The third-order valence-electron chi connectivity index (χ3n) is 4.34. The second-order valence-electron chi connectivity index (χ2n) is 5.51. The first-order valence-electron chi connectivity index (χ1n) is 7.76. The molecule has 1 saturated heterocycles. The summed E-state index contributed by atoms with van der Waals surface area (Å²) >= 11 is 0. The van der Waals surface area contributed by atoms with E-state index >= 15 is 0 Å². The lowest BCUT2D eigenvalue weighted by Crippen LogP contribution is -2.27. The molecule has 1 aliphatic rings. The Hall–Kier alpha value is -0.860. The molecule has 0 spiro atoms. The molecule has 1 atom stereocenters. The minimum atomic E-state index is 0.278. The molecule has 1 aromatic carbocycles. The van der Waals surface area contributed by atoms with Gasteiger partial charge in [0, 0.05) is 12.6 Å². The van der Waals surface area contributed by atoms with E-state index in [1.165, 1.54) is 42.6 Å². The number of likely N-dealkylation sites (tertiary alicyclic amines) is 1. The maximum atomic E-state index is 9.42. The van der Waals surface area contributed by atoms with Crippen molar-refractivity contribution in [3.05, 3.63) is 34.9 Å². The molecule has 1 fully saturated rings. The van der Waals surface area contributed by atoms with Crippen LogP contribution in [0.1, 0.15) is 55.8 Å².